The third kappa shape index (κ3) is 4.16. The number of hydrogen-bond donors (Lipinski definition) is 2. The molecule has 0 aliphatic carbocycles. The Morgan fingerprint density at radius 2 is 1.83 bits per heavy atom. The molecule has 1 unspecified atom stereocenters. The fourth-order valence-corrected chi connectivity index (χ4v) is 2.73. The smallest absolute Gasteiger partial charge is 0.115 e. The molecule has 0 fully saturated rings. The van der Waals surface area contributed by atoms with E-state index in [-0.39, 0.29) is 18.2 Å². The summed E-state index contributed by atoms with van der Waals surface area (Å²) in [5.74, 6) is 0.253. The van der Waals surface area contributed by atoms with E-state index in [0.29, 0.717) is 13.0 Å². The molecule has 126 valence electrons. The number of imidazole rings is 1. The van der Waals surface area contributed by atoms with Gasteiger partial charge in [0, 0.05) is 24.2 Å². The third-order valence-corrected chi connectivity index (χ3v) is 3.75. The van der Waals surface area contributed by atoms with Crippen molar-refractivity contribution in [2.75, 3.05) is 0 Å². The standard InChI is InChI=1S/C19H20N2O2.ClH/c1-14(22)10-18-19(16-7-3-2-4-8-16)20-13-21(18)12-15-6-5-9-17(23)11-15;/h2-9,11,13-14,22-23H,10,12H2,1H3;1H. The first-order valence-electron chi connectivity index (χ1n) is 7.69. The molecule has 24 heavy (non-hydrogen) atoms. The number of aromatic hydroxyl groups is 1. The van der Waals surface area contributed by atoms with Gasteiger partial charge in [-0.1, -0.05) is 42.5 Å². The summed E-state index contributed by atoms with van der Waals surface area (Å²) >= 11 is 0. The lowest BCUT2D eigenvalue weighted by Crippen LogP contribution is -2.11. The molecule has 1 heterocycles. The highest BCUT2D eigenvalue weighted by atomic mass is 35.5. The van der Waals surface area contributed by atoms with E-state index in [2.05, 4.69) is 4.98 Å². The SMILES string of the molecule is CC(O)Cc1c(-c2ccccc2)ncn1Cc1cccc(O)c1.Cl. The molecular formula is C19H21ClN2O2. The second kappa shape index (κ2) is 7.99. The molecule has 3 aromatic rings. The molecule has 3 rings (SSSR count). The summed E-state index contributed by atoms with van der Waals surface area (Å²) in [6.07, 6.45) is 1.88. The van der Waals surface area contributed by atoms with Crippen LogP contribution in [0.4, 0.5) is 0 Å². The number of aliphatic hydroxyl groups is 1. The van der Waals surface area contributed by atoms with Gasteiger partial charge in [-0.3, -0.25) is 0 Å². The molecule has 0 spiro atoms. The molecule has 0 radical (unpaired) electrons. The van der Waals surface area contributed by atoms with Crippen molar-refractivity contribution in [1.82, 2.24) is 9.55 Å². The lowest BCUT2D eigenvalue weighted by Gasteiger charge is -2.12. The molecule has 2 N–H and O–H groups in total. The van der Waals surface area contributed by atoms with Crippen molar-refractivity contribution in [3.8, 4) is 17.0 Å². The number of phenolic OH excluding ortho intramolecular Hbond substituents is 1. The summed E-state index contributed by atoms with van der Waals surface area (Å²) in [7, 11) is 0. The van der Waals surface area contributed by atoms with E-state index in [1.54, 1.807) is 25.4 Å². The molecule has 0 aliphatic heterocycles. The zero-order valence-electron chi connectivity index (χ0n) is 13.5. The number of benzene rings is 2. The molecule has 1 aromatic heterocycles. The molecule has 0 saturated carbocycles. The van der Waals surface area contributed by atoms with Crippen LogP contribution in [-0.2, 0) is 13.0 Å². The maximum absolute atomic E-state index is 9.85. The van der Waals surface area contributed by atoms with Crippen LogP contribution in [0.1, 0.15) is 18.2 Å². The molecule has 0 saturated heterocycles. The Kier molecular flexibility index (Phi) is 6.01. The summed E-state index contributed by atoms with van der Waals surface area (Å²) in [6, 6.07) is 17.2. The Balaban J connectivity index is 0.00000208. The summed E-state index contributed by atoms with van der Waals surface area (Å²) in [4.78, 5) is 4.55. The number of rotatable bonds is 5. The Morgan fingerprint density at radius 1 is 1.08 bits per heavy atom. The Hall–Kier alpha value is -2.30. The minimum Gasteiger partial charge on any atom is -0.508 e. The van der Waals surface area contributed by atoms with Crippen LogP contribution >= 0.6 is 12.4 Å². The van der Waals surface area contributed by atoms with Gasteiger partial charge in [-0.25, -0.2) is 4.98 Å². The minimum atomic E-state index is -0.447. The second-order valence-electron chi connectivity index (χ2n) is 5.76. The normalized spacial score (nSPS) is 11.8. The van der Waals surface area contributed by atoms with Crippen LogP contribution in [0.5, 0.6) is 5.75 Å². The van der Waals surface area contributed by atoms with Crippen molar-refractivity contribution in [2.45, 2.75) is 26.0 Å². The molecule has 4 nitrogen and oxygen atoms in total. The number of phenols is 1. The molecule has 0 amide bonds. The largest absolute Gasteiger partial charge is 0.508 e. The van der Waals surface area contributed by atoms with Crippen LogP contribution in [0.2, 0.25) is 0 Å². The summed E-state index contributed by atoms with van der Waals surface area (Å²) in [6.45, 7) is 2.39. The van der Waals surface area contributed by atoms with E-state index in [1.807, 2.05) is 47.0 Å². The van der Waals surface area contributed by atoms with E-state index in [9.17, 15) is 10.2 Å². The maximum atomic E-state index is 9.85. The fraction of sp³-hybridized carbons (Fsp3) is 0.211. The number of hydrogen-bond acceptors (Lipinski definition) is 3. The highest BCUT2D eigenvalue weighted by Gasteiger charge is 2.15. The average Bonchev–Trinajstić information content (AvgIpc) is 2.90. The quantitative estimate of drug-likeness (QED) is 0.742. The van der Waals surface area contributed by atoms with Gasteiger partial charge in [0.15, 0.2) is 0 Å². The van der Waals surface area contributed by atoms with E-state index in [4.69, 9.17) is 0 Å². The van der Waals surface area contributed by atoms with Gasteiger partial charge in [0.25, 0.3) is 0 Å². The van der Waals surface area contributed by atoms with Gasteiger partial charge in [-0.05, 0) is 24.6 Å². The van der Waals surface area contributed by atoms with Gasteiger partial charge in [-0.2, -0.15) is 0 Å². The Labute approximate surface area is 147 Å². The van der Waals surface area contributed by atoms with Gasteiger partial charge in [0.1, 0.15) is 5.75 Å². The molecule has 0 aliphatic rings. The Bertz CT molecular complexity index is 785. The second-order valence-corrected chi connectivity index (χ2v) is 5.76. The van der Waals surface area contributed by atoms with Crippen molar-refractivity contribution >= 4 is 12.4 Å². The monoisotopic (exact) mass is 344 g/mol. The molecule has 2 aromatic carbocycles. The first-order chi connectivity index (χ1) is 11.1. The first kappa shape index (κ1) is 18.0. The van der Waals surface area contributed by atoms with Gasteiger partial charge in [0.2, 0.25) is 0 Å². The zero-order valence-corrected chi connectivity index (χ0v) is 14.3. The van der Waals surface area contributed by atoms with E-state index in [0.717, 1.165) is 22.5 Å². The van der Waals surface area contributed by atoms with Crippen LogP contribution in [0.15, 0.2) is 60.9 Å². The van der Waals surface area contributed by atoms with Crippen molar-refractivity contribution < 1.29 is 10.2 Å². The summed E-state index contributed by atoms with van der Waals surface area (Å²) < 4.78 is 2.03. The van der Waals surface area contributed by atoms with Crippen LogP contribution in [0, 0.1) is 0 Å². The predicted molar refractivity (Wildman–Crippen MR) is 97.5 cm³/mol. The van der Waals surface area contributed by atoms with E-state index in [1.165, 1.54) is 0 Å². The zero-order chi connectivity index (χ0) is 16.2. The highest BCUT2D eigenvalue weighted by molar-refractivity contribution is 5.85. The molecule has 0 bridgehead atoms. The van der Waals surface area contributed by atoms with Crippen LogP contribution in [0.25, 0.3) is 11.3 Å². The highest BCUT2D eigenvalue weighted by Crippen LogP contribution is 2.24. The van der Waals surface area contributed by atoms with Crippen molar-refractivity contribution in [1.29, 1.82) is 0 Å². The van der Waals surface area contributed by atoms with Crippen LogP contribution in [0.3, 0.4) is 0 Å². The van der Waals surface area contributed by atoms with Gasteiger partial charge < -0.3 is 14.8 Å². The fourth-order valence-electron chi connectivity index (χ4n) is 2.73. The lowest BCUT2D eigenvalue weighted by molar-refractivity contribution is 0.193. The minimum absolute atomic E-state index is 0. The topological polar surface area (TPSA) is 58.3 Å². The lowest BCUT2D eigenvalue weighted by atomic mass is 10.1. The first-order valence-corrected chi connectivity index (χ1v) is 7.69. The van der Waals surface area contributed by atoms with E-state index >= 15 is 0 Å². The molecule has 1 atom stereocenters. The summed E-state index contributed by atoms with van der Waals surface area (Å²) in [5, 5.41) is 19.5. The molecular weight excluding hydrogens is 324 g/mol. The number of aromatic nitrogens is 2. The van der Waals surface area contributed by atoms with Crippen molar-refractivity contribution in [3.05, 3.63) is 72.2 Å². The number of halogens is 1. The maximum Gasteiger partial charge on any atom is 0.115 e. The predicted octanol–water partition coefficient (Wildman–Crippen LogP) is 3.65. The van der Waals surface area contributed by atoms with Gasteiger partial charge in [-0.15, -0.1) is 12.4 Å². The third-order valence-electron chi connectivity index (χ3n) is 3.75. The van der Waals surface area contributed by atoms with Crippen molar-refractivity contribution in [2.24, 2.45) is 0 Å². The summed E-state index contributed by atoms with van der Waals surface area (Å²) in [5.41, 5.74) is 3.92. The van der Waals surface area contributed by atoms with Crippen molar-refractivity contribution in [3.63, 3.8) is 0 Å². The van der Waals surface area contributed by atoms with Crippen LogP contribution < -0.4 is 0 Å². The average molecular weight is 345 g/mol. The molecule has 5 heteroatoms. The van der Waals surface area contributed by atoms with E-state index < -0.39 is 6.10 Å². The number of nitrogens with zero attached hydrogens (tertiary/aromatic N) is 2. The van der Waals surface area contributed by atoms with Gasteiger partial charge in [0.05, 0.1) is 18.1 Å². The van der Waals surface area contributed by atoms with Crippen LogP contribution in [-0.4, -0.2) is 25.9 Å². The number of aliphatic hydroxyl groups excluding tert-OH is 1. The van der Waals surface area contributed by atoms with Gasteiger partial charge >= 0.3 is 0 Å². The Morgan fingerprint density at radius 3 is 2.50 bits per heavy atom.